The first-order valence-electron chi connectivity index (χ1n) is 10.5. The molecule has 0 spiro atoms. The topological polar surface area (TPSA) is 79.0 Å². The first-order valence-corrected chi connectivity index (χ1v) is 10.8. The third kappa shape index (κ3) is 5.59. The molecule has 4 aromatic rings. The van der Waals surface area contributed by atoms with Crippen molar-refractivity contribution >= 4 is 28.7 Å². The lowest BCUT2D eigenvalue weighted by Crippen LogP contribution is -2.40. The van der Waals surface area contributed by atoms with Gasteiger partial charge in [-0.15, -0.1) is 0 Å². The van der Waals surface area contributed by atoms with Gasteiger partial charge >= 0.3 is 6.03 Å². The summed E-state index contributed by atoms with van der Waals surface area (Å²) in [5.74, 6) is 1.51. The number of carbonyl (C=O) groups is 1. The molecule has 0 saturated carbocycles. The Hall–Kier alpha value is -3.51. The number of hydrogen-bond donors (Lipinski definition) is 3. The maximum absolute atomic E-state index is 12.7. The third-order valence-electron chi connectivity index (χ3n) is 5.25. The van der Waals surface area contributed by atoms with Gasteiger partial charge in [-0.05, 0) is 60.4 Å². The van der Waals surface area contributed by atoms with Crippen molar-refractivity contribution in [3.63, 3.8) is 0 Å². The number of fused-ring (bicyclic) bond motifs is 1. The van der Waals surface area contributed by atoms with E-state index in [9.17, 15) is 4.79 Å². The minimum Gasteiger partial charge on any atom is -0.497 e. The molecule has 0 aliphatic rings. The number of H-pyrrole nitrogens is 1. The number of benzene rings is 3. The molecule has 0 unspecified atom stereocenters. The second kappa shape index (κ2) is 10.2. The number of rotatable bonds is 8. The number of aromatic amines is 1. The van der Waals surface area contributed by atoms with Crippen LogP contribution in [0.3, 0.4) is 0 Å². The number of para-hydroxylation sites is 2. The van der Waals surface area contributed by atoms with Crippen molar-refractivity contribution in [2.24, 2.45) is 0 Å². The van der Waals surface area contributed by atoms with Crippen molar-refractivity contribution in [3.05, 3.63) is 94.8 Å². The number of nitrogens with one attached hydrogen (secondary N) is 3. The minimum absolute atomic E-state index is 0.238. The van der Waals surface area contributed by atoms with Crippen LogP contribution >= 0.6 is 11.6 Å². The average molecular weight is 449 g/mol. The van der Waals surface area contributed by atoms with Crippen LogP contribution in [0.15, 0.2) is 72.8 Å². The van der Waals surface area contributed by atoms with E-state index >= 15 is 0 Å². The molecule has 7 heteroatoms. The Balaban J connectivity index is 1.45. The summed E-state index contributed by atoms with van der Waals surface area (Å²) >= 11 is 5.93. The van der Waals surface area contributed by atoms with E-state index < -0.39 is 0 Å². The first-order chi connectivity index (χ1) is 15.6. The maximum atomic E-state index is 12.7. The van der Waals surface area contributed by atoms with Gasteiger partial charge in [0.25, 0.3) is 0 Å². The molecule has 1 aromatic heterocycles. The molecule has 1 heterocycles. The smallest absolute Gasteiger partial charge is 0.315 e. The zero-order valence-electron chi connectivity index (χ0n) is 17.8. The number of methoxy groups -OCH3 is 1. The Kier molecular flexibility index (Phi) is 6.92. The van der Waals surface area contributed by atoms with E-state index in [1.165, 1.54) is 0 Å². The second-order valence-corrected chi connectivity index (χ2v) is 7.96. The fourth-order valence-corrected chi connectivity index (χ4v) is 3.66. The summed E-state index contributed by atoms with van der Waals surface area (Å²) in [6.07, 6.45) is 1.31. The Morgan fingerprint density at radius 3 is 2.47 bits per heavy atom. The fraction of sp³-hybridized carbons (Fsp3) is 0.200. The summed E-state index contributed by atoms with van der Waals surface area (Å²) in [7, 11) is 1.64. The lowest BCUT2D eigenvalue weighted by atomic mass is 10.1. The molecule has 4 rings (SSSR count). The lowest BCUT2D eigenvalue weighted by molar-refractivity contribution is 0.236. The highest BCUT2D eigenvalue weighted by atomic mass is 35.5. The zero-order valence-corrected chi connectivity index (χ0v) is 18.5. The number of nitrogens with zero attached hydrogens (tertiary/aromatic N) is 1. The predicted molar refractivity (Wildman–Crippen MR) is 127 cm³/mol. The normalized spacial score (nSPS) is 11.8. The third-order valence-corrected chi connectivity index (χ3v) is 5.51. The summed E-state index contributed by atoms with van der Waals surface area (Å²) < 4.78 is 5.24. The molecule has 6 nitrogen and oxygen atoms in total. The lowest BCUT2D eigenvalue weighted by Gasteiger charge is -2.18. The molecule has 32 heavy (non-hydrogen) atoms. The van der Waals surface area contributed by atoms with Crippen LogP contribution in [-0.2, 0) is 12.8 Å². The van der Waals surface area contributed by atoms with Crippen LogP contribution in [0, 0.1) is 0 Å². The molecule has 0 bridgehead atoms. The van der Waals surface area contributed by atoms with E-state index in [4.69, 9.17) is 21.3 Å². The van der Waals surface area contributed by atoms with Gasteiger partial charge in [0.1, 0.15) is 11.6 Å². The highest BCUT2D eigenvalue weighted by Crippen LogP contribution is 2.21. The van der Waals surface area contributed by atoms with Crippen molar-refractivity contribution in [1.29, 1.82) is 0 Å². The summed E-state index contributed by atoms with van der Waals surface area (Å²) in [5.41, 5.74) is 3.99. The quantitative estimate of drug-likeness (QED) is 0.353. The van der Waals surface area contributed by atoms with Crippen LogP contribution in [0.1, 0.15) is 23.0 Å². The molecule has 0 aliphatic carbocycles. The Morgan fingerprint density at radius 1 is 1.03 bits per heavy atom. The number of imidazole rings is 1. The average Bonchev–Trinajstić information content (AvgIpc) is 3.25. The number of hydrogen-bond acceptors (Lipinski definition) is 3. The van der Waals surface area contributed by atoms with Gasteiger partial charge in [0.05, 0.1) is 24.2 Å². The van der Waals surface area contributed by atoms with Crippen LogP contribution in [-0.4, -0.2) is 29.7 Å². The van der Waals surface area contributed by atoms with E-state index in [1.807, 2.05) is 72.8 Å². The zero-order chi connectivity index (χ0) is 22.3. The number of ether oxygens (including phenoxy) is 1. The van der Waals surface area contributed by atoms with Crippen LogP contribution in [0.2, 0.25) is 5.02 Å². The second-order valence-electron chi connectivity index (χ2n) is 7.52. The van der Waals surface area contributed by atoms with Crippen LogP contribution in [0.5, 0.6) is 5.75 Å². The fourth-order valence-electron chi connectivity index (χ4n) is 3.53. The van der Waals surface area contributed by atoms with Crippen molar-refractivity contribution in [1.82, 2.24) is 20.6 Å². The number of aromatic nitrogens is 2. The molecule has 3 N–H and O–H groups in total. The first kappa shape index (κ1) is 21.7. The standard InChI is InChI=1S/C25H25ClN4O2/c1-32-20-12-8-18(9-13-20)16-23(24-28-21-4-2-3-5-22(21)29-24)30-25(31)27-15-14-17-6-10-19(26)11-7-17/h2-13,23H,14-16H2,1H3,(H,28,29)(H2,27,30,31)/t23-/m1/s1. The number of carbonyl (C=O) groups excluding carboxylic acids is 1. The van der Waals surface area contributed by atoms with Crippen LogP contribution < -0.4 is 15.4 Å². The molecular weight excluding hydrogens is 424 g/mol. The van der Waals surface area contributed by atoms with E-state index in [1.54, 1.807) is 7.11 Å². The molecule has 0 saturated heterocycles. The monoisotopic (exact) mass is 448 g/mol. The Morgan fingerprint density at radius 2 is 1.75 bits per heavy atom. The molecule has 0 radical (unpaired) electrons. The highest BCUT2D eigenvalue weighted by molar-refractivity contribution is 6.30. The van der Waals surface area contributed by atoms with Crippen LogP contribution in [0.4, 0.5) is 4.79 Å². The largest absolute Gasteiger partial charge is 0.497 e. The molecule has 0 fully saturated rings. The van der Waals surface area contributed by atoms with Crippen molar-refractivity contribution in [3.8, 4) is 5.75 Å². The van der Waals surface area contributed by atoms with E-state index in [0.717, 1.165) is 40.2 Å². The molecule has 0 aliphatic heterocycles. The molecule has 2 amide bonds. The number of amides is 2. The molecule has 3 aromatic carbocycles. The molecular formula is C25H25ClN4O2. The summed E-state index contributed by atoms with van der Waals surface area (Å²) in [6.45, 7) is 0.517. The number of halogens is 1. The molecule has 1 atom stereocenters. The summed E-state index contributed by atoms with van der Waals surface area (Å²) in [6, 6.07) is 22.7. The van der Waals surface area contributed by atoms with Gasteiger partial charge in [0.15, 0.2) is 0 Å². The van der Waals surface area contributed by atoms with Crippen molar-refractivity contribution < 1.29 is 9.53 Å². The predicted octanol–water partition coefficient (Wildman–Crippen LogP) is 5.05. The van der Waals surface area contributed by atoms with Gasteiger partial charge in [0.2, 0.25) is 0 Å². The summed E-state index contributed by atoms with van der Waals surface area (Å²) in [5, 5.41) is 6.71. The maximum Gasteiger partial charge on any atom is 0.315 e. The van der Waals surface area contributed by atoms with Crippen LogP contribution in [0.25, 0.3) is 11.0 Å². The van der Waals surface area contributed by atoms with Gasteiger partial charge in [-0.1, -0.05) is 48.0 Å². The molecule has 164 valence electrons. The van der Waals surface area contributed by atoms with E-state index in [-0.39, 0.29) is 12.1 Å². The minimum atomic E-state index is -0.314. The van der Waals surface area contributed by atoms with Gasteiger partial charge in [-0.2, -0.15) is 0 Å². The van der Waals surface area contributed by atoms with Crippen molar-refractivity contribution in [2.45, 2.75) is 18.9 Å². The Bertz CT molecular complexity index is 1140. The van der Waals surface area contributed by atoms with E-state index in [2.05, 4.69) is 15.6 Å². The van der Waals surface area contributed by atoms with Gasteiger partial charge < -0.3 is 20.4 Å². The van der Waals surface area contributed by atoms with Gasteiger partial charge in [-0.3, -0.25) is 0 Å². The van der Waals surface area contributed by atoms with Gasteiger partial charge in [0, 0.05) is 11.6 Å². The number of urea groups is 1. The van der Waals surface area contributed by atoms with E-state index in [0.29, 0.717) is 18.0 Å². The SMILES string of the molecule is COc1ccc(C[C@@H](NC(=O)NCCc2ccc(Cl)cc2)c2nc3ccccc3[nH]2)cc1. The van der Waals surface area contributed by atoms with Crippen molar-refractivity contribution in [2.75, 3.05) is 13.7 Å². The Labute approximate surface area is 192 Å². The van der Waals surface area contributed by atoms with Gasteiger partial charge in [-0.25, -0.2) is 9.78 Å². The highest BCUT2D eigenvalue weighted by Gasteiger charge is 2.19. The summed E-state index contributed by atoms with van der Waals surface area (Å²) in [4.78, 5) is 20.7.